The van der Waals surface area contributed by atoms with Crippen molar-refractivity contribution in [3.63, 3.8) is 0 Å². The zero-order valence-electron chi connectivity index (χ0n) is 17.9. The molecule has 0 radical (unpaired) electrons. The van der Waals surface area contributed by atoms with Crippen LogP contribution < -0.4 is 20.9 Å². The molecule has 0 bridgehead atoms. The van der Waals surface area contributed by atoms with Gasteiger partial charge in [0.05, 0.1) is 0 Å². The third kappa shape index (κ3) is 5.72. The van der Waals surface area contributed by atoms with Crippen LogP contribution in [0.25, 0.3) is 0 Å². The van der Waals surface area contributed by atoms with Gasteiger partial charge in [-0.2, -0.15) is 4.90 Å². The summed E-state index contributed by atoms with van der Waals surface area (Å²) < 4.78 is 4.81. The number of carbonyl (C=O) groups is 2. The van der Waals surface area contributed by atoms with Crippen LogP contribution in [0.15, 0.2) is 94.7 Å². The Morgan fingerprint density at radius 2 is 1.37 bits per heavy atom. The van der Waals surface area contributed by atoms with E-state index >= 15 is 0 Å². The molecule has 0 aliphatic heterocycles. The standard InChI is InChI=1S/C23H18ClN7O4/c24-15-8-7-13-18(14-15)25-20(28-34)19-21(30-35-29-19)31(22(32)26-16-9-3-1-4-10-16)23(33)27-17-11-5-2-6-12-17/h1-14,34H,(H,25,28)(H,26,32)(H,27,33). The van der Waals surface area contributed by atoms with Crippen LogP contribution in [0.4, 0.5) is 32.5 Å². The summed E-state index contributed by atoms with van der Waals surface area (Å²) in [6.45, 7) is 0. The average molecular weight is 492 g/mol. The monoisotopic (exact) mass is 491 g/mol. The highest BCUT2D eigenvalue weighted by Crippen LogP contribution is 2.22. The Labute approximate surface area is 204 Å². The molecule has 35 heavy (non-hydrogen) atoms. The summed E-state index contributed by atoms with van der Waals surface area (Å²) in [5.41, 5.74) is 1.11. The summed E-state index contributed by atoms with van der Waals surface area (Å²) in [6.07, 6.45) is 0. The third-order valence-corrected chi connectivity index (χ3v) is 4.79. The lowest BCUT2D eigenvalue weighted by Gasteiger charge is -2.20. The topological polar surface area (TPSA) is 145 Å². The number of halogens is 1. The van der Waals surface area contributed by atoms with Gasteiger partial charge in [0.2, 0.25) is 11.7 Å². The normalized spacial score (nSPS) is 10.9. The lowest BCUT2D eigenvalue weighted by Crippen LogP contribution is -2.44. The molecule has 0 aliphatic rings. The van der Waals surface area contributed by atoms with Gasteiger partial charge in [0.1, 0.15) is 0 Å². The first-order valence-electron chi connectivity index (χ1n) is 10.1. The van der Waals surface area contributed by atoms with E-state index in [2.05, 4.69) is 31.4 Å². The number of hydrogen-bond donors (Lipinski definition) is 4. The van der Waals surface area contributed by atoms with E-state index in [0.29, 0.717) is 27.0 Å². The maximum absolute atomic E-state index is 13.2. The lowest BCUT2D eigenvalue weighted by atomic mass is 10.3. The van der Waals surface area contributed by atoms with E-state index in [9.17, 15) is 14.8 Å². The molecule has 176 valence electrons. The van der Waals surface area contributed by atoms with E-state index in [1.54, 1.807) is 84.9 Å². The molecule has 0 atom stereocenters. The highest BCUT2D eigenvalue weighted by Gasteiger charge is 2.32. The van der Waals surface area contributed by atoms with Gasteiger partial charge in [0.25, 0.3) is 0 Å². The number of nitrogens with zero attached hydrogens (tertiary/aromatic N) is 4. The van der Waals surface area contributed by atoms with E-state index in [1.165, 1.54) is 0 Å². The van der Waals surface area contributed by atoms with Crippen LogP contribution in [0.3, 0.4) is 0 Å². The predicted molar refractivity (Wildman–Crippen MR) is 131 cm³/mol. The first kappa shape index (κ1) is 23.3. The number of rotatable bonds is 5. The molecular weight excluding hydrogens is 474 g/mol. The van der Waals surface area contributed by atoms with Gasteiger partial charge in [-0.3, -0.25) is 0 Å². The molecule has 0 saturated carbocycles. The SMILES string of the molecule is O=C(Nc1ccccc1)N(C(=O)Nc1ccccc1)c1nonc1/C(=N/O)Nc1cccc(Cl)c1. The lowest BCUT2D eigenvalue weighted by molar-refractivity contribution is 0.245. The third-order valence-electron chi connectivity index (χ3n) is 4.55. The van der Waals surface area contributed by atoms with Gasteiger partial charge < -0.3 is 21.2 Å². The zero-order chi connectivity index (χ0) is 24.6. The number of carbonyl (C=O) groups excluding carboxylic acids is 2. The molecule has 4 rings (SSSR count). The summed E-state index contributed by atoms with van der Waals surface area (Å²) in [4.78, 5) is 27.1. The van der Waals surface area contributed by atoms with Gasteiger partial charge in [-0.25, -0.2) is 14.2 Å². The first-order valence-corrected chi connectivity index (χ1v) is 10.5. The van der Waals surface area contributed by atoms with Crippen molar-refractivity contribution in [3.05, 3.63) is 95.6 Å². The minimum absolute atomic E-state index is 0.209. The minimum Gasteiger partial charge on any atom is -0.409 e. The van der Waals surface area contributed by atoms with E-state index < -0.39 is 12.1 Å². The number of amides is 4. The average Bonchev–Trinajstić information content (AvgIpc) is 3.33. The van der Waals surface area contributed by atoms with Crippen LogP contribution in [-0.4, -0.2) is 33.4 Å². The van der Waals surface area contributed by atoms with Gasteiger partial charge in [-0.05, 0) is 52.8 Å². The van der Waals surface area contributed by atoms with Gasteiger partial charge in [-0.1, -0.05) is 59.2 Å². The number of amidine groups is 1. The van der Waals surface area contributed by atoms with Crippen LogP contribution in [0, 0.1) is 0 Å². The first-order chi connectivity index (χ1) is 17.0. The molecule has 4 aromatic rings. The number of oxime groups is 1. The molecule has 11 nitrogen and oxygen atoms in total. The summed E-state index contributed by atoms with van der Waals surface area (Å²) >= 11 is 6.01. The number of imide groups is 1. The molecule has 12 heteroatoms. The van der Waals surface area contributed by atoms with E-state index in [-0.39, 0.29) is 17.3 Å². The van der Waals surface area contributed by atoms with Gasteiger partial charge >= 0.3 is 12.1 Å². The van der Waals surface area contributed by atoms with Crippen LogP contribution in [0.2, 0.25) is 5.02 Å². The fourth-order valence-corrected chi connectivity index (χ4v) is 3.19. The van der Waals surface area contributed by atoms with Crippen molar-refractivity contribution in [2.45, 2.75) is 0 Å². The van der Waals surface area contributed by atoms with Crippen LogP contribution in [-0.2, 0) is 0 Å². The van der Waals surface area contributed by atoms with Crippen LogP contribution in [0.1, 0.15) is 5.69 Å². The Morgan fingerprint density at radius 1 is 0.800 bits per heavy atom. The van der Waals surface area contributed by atoms with Crippen molar-refractivity contribution >= 4 is 52.4 Å². The van der Waals surface area contributed by atoms with Crippen LogP contribution >= 0.6 is 11.6 Å². The van der Waals surface area contributed by atoms with Crippen molar-refractivity contribution in [1.29, 1.82) is 0 Å². The van der Waals surface area contributed by atoms with Crippen molar-refractivity contribution < 1.29 is 19.4 Å². The number of urea groups is 2. The maximum Gasteiger partial charge on any atom is 0.336 e. The van der Waals surface area contributed by atoms with E-state index in [0.717, 1.165) is 0 Å². The number of aromatic nitrogens is 2. The fraction of sp³-hybridized carbons (Fsp3) is 0. The van der Waals surface area contributed by atoms with E-state index in [1.807, 2.05) is 0 Å². The Hall–Kier alpha value is -4.90. The molecule has 0 saturated heterocycles. The molecule has 3 aromatic carbocycles. The van der Waals surface area contributed by atoms with Crippen molar-refractivity contribution in [2.75, 3.05) is 20.9 Å². The second-order valence-electron chi connectivity index (χ2n) is 6.95. The van der Waals surface area contributed by atoms with Crippen molar-refractivity contribution in [1.82, 2.24) is 10.3 Å². The summed E-state index contributed by atoms with van der Waals surface area (Å²) in [6, 6.07) is 21.9. The number of anilines is 4. The molecule has 0 unspecified atom stereocenters. The Balaban J connectivity index is 1.68. The summed E-state index contributed by atoms with van der Waals surface area (Å²) in [5.74, 6) is -0.567. The second-order valence-corrected chi connectivity index (χ2v) is 7.38. The zero-order valence-corrected chi connectivity index (χ0v) is 18.7. The summed E-state index contributed by atoms with van der Waals surface area (Å²) in [7, 11) is 0. The number of benzene rings is 3. The molecular formula is C23H18ClN7O4. The molecule has 4 N–H and O–H groups in total. The quantitative estimate of drug-likeness (QED) is 0.129. The number of nitrogens with one attached hydrogen (secondary N) is 3. The molecule has 1 heterocycles. The second kappa shape index (κ2) is 10.8. The van der Waals surface area contributed by atoms with Crippen LogP contribution in [0.5, 0.6) is 0 Å². The van der Waals surface area contributed by atoms with Gasteiger partial charge in [0.15, 0.2) is 5.69 Å². The van der Waals surface area contributed by atoms with Gasteiger partial charge in [-0.15, -0.1) is 0 Å². The minimum atomic E-state index is -0.860. The van der Waals surface area contributed by atoms with Crippen molar-refractivity contribution in [3.8, 4) is 0 Å². The smallest absolute Gasteiger partial charge is 0.336 e. The Bertz CT molecular complexity index is 1290. The molecule has 0 fully saturated rings. The molecule has 0 spiro atoms. The molecule has 4 amide bonds. The van der Waals surface area contributed by atoms with Crippen molar-refractivity contribution in [2.24, 2.45) is 5.16 Å². The summed E-state index contributed by atoms with van der Waals surface area (Å²) in [5, 5.41) is 28.8. The highest BCUT2D eigenvalue weighted by atomic mass is 35.5. The predicted octanol–water partition coefficient (Wildman–Crippen LogP) is 5.24. The molecule has 1 aromatic heterocycles. The number of hydrogen-bond acceptors (Lipinski definition) is 7. The van der Waals surface area contributed by atoms with E-state index in [4.69, 9.17) is 16.2 Å². The Kier molecular flexibility index (Phi) is 7.19. The fourth-order valence-electron chi connectivity index (χ4n) is 3.00. The molecule has 0 aliphatic carbocycles. The Morgan fingerprint density at radius 3 is 1.91 bits per heavy atom. The number of para-hydroxylation sites is 2. The van der Waals surface area contributed by atoms with Gasteiger partial charge in [0, 0.05) is 22.1 Å². The maximum atomic E-state index is 13.2. The highest BCUT2D eigenvalue weighted by molar-refractivity contribution is 6.31. The largest absolute Gasteiger partial charge is 0.409 e.